The molecule has 0 radical (unpaired) electrons. The van der Waals surface area contributed by atoms with Crippen LogP contribution >= 0.6 is 0 Å². The molecule has 1 aromatic heterocycles. The first-order valence-corrected chi connectivity index (χ1v) is 8.74. The lowest BCUT2D eigenvalue weighted by Gasteiger charge is -2.03. The number of unbranched alkanes of at least 4 members (excludes halogenated alkanes) is 2. The zero-order chi connectivity index (χ0) is 17.2. The fourth-order valence-electron chi connectivity index (χ4n) is 2.48. The molecular weight excluding hydrogens is 296 g/mol. The first-order valence-electron chi connectivity index (χ1n) is 8.74. The molecule has 126 valence electrons. The topological polar surface area (TPSA) is 34.9 Å². The third-order valence-corrected chi connectivity index (χ3v) is 3.89. The zero-order valence-corrected chi connectivity index (χ0v) is 14.6. The summed E-state index contributed by atoms with van der Waals surface area (Å²) in [5.41, 5.74) is 2.84. The van der Waals surface area contributed by atoms with Crippen LogP contribution in [0, 0.1) is 0 Å². The predicted octanol–water partition coefficient (Wildman–Crippen LogP) is 5.31. The summed E-state index contributed by atoms with van der Waals surface area (Å²) in [7, 11) is 0. The molecule has 0 saturated heterocycles. The molecule has 1 aromatic carbocycles. The van der Waals surface area contributed by atoms with E-state index in [-0.39, 0.29) is 5.78 Å². The number of hydrogen-bond acceptors (Lipinski definition) is 2. The van der Waals surface area contributed by atoms with Crippen LogP contribution in [0.15, 0.2) is 60.3 Å². The molecule has 0 fully saturated rings. The highest BCUT2D eigenvalue weighted by molar-refractivity contribution is 6.03. The minimum Gasteiger partial charge on any atom is -0.287 e. The van der Waals surface area contributed by atoms with E-state index in [0.717, 1.165) is 24.9 Å². The predicted molar refractivity (Wildman–Crippen MR) is 99.9 cm³/mol. The monoisotopic (exact) mass is 322 g/mol. The summed E-state index contributed by atoms with van der Waals surface area (Å²) in [6.45, 7) is 4.97. The molecule has 0 aliphatic carbocycles. The molecule has 2 aromatic rings. The number of ketones is 1. The van der Waals surface area contributed by atoms with E-state index >= 15 is 0 Å². The molecule has 0 aliphatic rings. The highest BCUT2D eigenvalue weighted by atomic mass is 16.1. The summed E-state index contributed by atoms with van der Waals surface area (Å²) in [5.74, 6) is -0.0448. The average Bonchev–Trinajstić information content (AvgIpc) is 3.09. The third kappa shape index (κ3) is 5.65. The van der Waals surface area contributed by atoms with Crippen LogP contribution in [-0.2, 0) is 6.54 Å². The summed E-state index contributed by atoms with van der Waals surface area (Å²) in [4.78, 5) is 12.3. The molecule has 0 unspecified atom stereocenters. The van der Waals surface area contributed by atoms with Crippen molar-refractivity contribution in [2.45, 2.75) is 46.1 Å². The number of hydrogen-bond donors (Lipinski definition) is 0. The van der Waals surface area contributed by atoms with Gasteiger partial charge in [0.2, 0.25) is 5.78 Å². The van der Waals surface area contributed by atoms with Crippen molar-refractivity contribution in [3.05, 3.63) is 71.6 Å². The maximum atomic E-state index is 12.3. The Balaban J connectivity index is 2.11. The number of carbonyl (C=O) groups is 1. The van der Waals surface area contributed by atoms with E-state index in [1.54, 1.807) is 16.8 Å². The molecule has 1 heterocycles. The Morgan fingerprint density at radius 1 is 1.08 bits per heavy atom. The van der Waals surface area contributed by atoms with Crippen LogP contribution in [0.5, 0.6) is 0 Å². The van der Waals surface area contributed by atoms with Crippen LogP contribution in [0.2, 0.25) is 0 Å². The molecule has 0 spiro atoms. The second-order valence-corrected chi connectivity index (χ2v) is 5.84. The first kappa shape index (κ1) is 17.9. The largest absolute Gasteiger partial charge is 0.287 e. The fourth-order valence-corrected chi connectivity index (χ4v) is 2.48. The van der Waals surface area contributed by atoms with Crippen LogP contribution < -0.4 is 0 Å². The number of carbonyl (C=O) groups excluding carboxylic acids is 1. The molecule has 2 rings (SSSR count). The lowest BCUT2D eigenvalue weighted by Crippen LogP contribution is -2.00. The van der Waals surface area contributed by atoms with Crippen molar-refractivity contribution in [1.29, 1.82) is 0 Å². The van der Waals surface area contributed by atoms with Gasteiger partial charge in [0.1, 0.15) is 5.69 Å². The number of benzene rings is 1. The third-order valence-electron chi connectivity index (χ3n) is 3.89. The van der Waals surface area contributed by atoms with E-state index in [2.05, 4.69) is 30.2 Å². The molecule has 24 heavy (non-hydrogen) atoms. The van der Waals surface area contributed by atoms with Gasteiger partial charge in [-0.3, -0.25) is 9.48 Å². The second kappa shape index (κ2) is 9.66. The first-order chi connectivity index (χ1) is 11.7. The lowest BCUT2D eigenvalue weighted by atomic mass is 10.0. The fraction of sp³-hybridized carbons (Fsp3) is 0.333. The summed E-state index contributed by atoms with van der Waals surface area (Å²) >= 11 is 0. The lowest BCUT2D eigenvalue weighted by molar-refractivity contribution is 0.104. The van der Waals surface area contributed by atoms with Crippen molar-refractivity contribution in [1.82, 2.24) is 9.78 Å². The van der Waals surface area contributed by atoms with Gasteiger partial charge < -0.3 is 0 Å². The molecule has 0 saturated carbocycles. The standard InChI is InChI=1S/C21H26N2O/c1-3-5-7-10-19(17-18-11-8-6-9-12-18)13-14-21(24)20-15-16-23(4-2)22-20/h6,8-9,11-17H,3-5,7,10H2,1-2H3/b14-13+,19-17-. The van der Waals surface area contributed by atoms with Gasteiger partial charge in [0.05, 0.1) is 0 Å². The van der Waals surface area contributed by atoms with Crippen LogP contribution in [0.25, 0.3) is 6.08 Å². The molecule has 3 heteroatoms. The molecule has 0 N–H and O–H groups in total. The van der Waals surface area contributed by atoms with Gasteiger partial charge >= 0.3 is 0 Å². The van der Waals surface area contributed by atoms with Crippen molar-refractivity contribution >= 4 is 11.9 Å². The quantitative estimate of drug-likeness (QED) is 0.271. The maximum Gasteiger partial charge on any atom is 0.206 e. The molecule has 3 nitrogen and oxygen atoms in total. The van der Waals surface area contributed by atoms with Gasteiger partial charge in [0.25, 0.3) is 0 Å². The number of aromatic nitrogens is 2. The summed E-state index contributed by atoms with van der Waals surface area (Å²) in [6, 6.07) is 12.0. The van der Waals surface area contributed by atoms with E-state index in [4.69, 9.17) is 0 Å². The van der Waals surface area contributed by atoms with E-state index in [0.29, 0.717) is 5.69 Å². The van der Waals surface area contributed by atoms with Crippen LogP contribution in [0.3, 0.4) is 0 Å². The summed E-state index contributed by atoms with van der Waals surface area (Å²) in [6.07, 6.45) is 12.1. The zero-order valence-electron chi connectivity index (χ0n) is 14.6. The Kier molecular flexibility index (Phi) is 7.21. The van der Waals surface area contributed by atoms with Gasteiger partial charge in [0, 0.05) is 12.7 Å². The van der Waals surface area contributed by atoms with E-state index in [1.807, 2.05) is 37.4 Å². The maximum absolute atomic E-state index is 12.3. The van der Waals surface area contributed by atoms with Crippen LogP contribution in [0.4, 0.5) is 0 Å². The van der Waals surface area contributed by atoms with Crippen molar-refractivity contribution in [3.63, 3.8) is 0 Å². The van der Waals surface area contributed by atoms with Gasteiger partial charge in [-0.05, 0) is 43.0 Å². The van der Waals surface area contributed by atoms with Gasteiger partial charge in [-0.2, -0.15) is 5.10 Å². The smallest absolute Gasteiger partial charge is 0.206 e. The molecule has 0 aliphatic heterocycles. The number of allylic oxidation sites excluding steroid dienone is 3. The highest BCUT2D eigenvalue weighted by Crippen LogP contribution is 2.15. The van der Waals surface area contributed by atoms with E-state index < -0.39 is 0 Å². The van der Waals surface area contributed by atoms with Crippen molar-refractivity contribution in [3.8, 4) is 0 Å². The minimum atomic E-state index is -0.0448. The van der Waals surface area contributed by atoms with Gasteiger partial charge in [-0.15, -0.1) is 0 Å². The Morgan fingerprint density at radius 3 is 2.54 bits per heavy atom. The second-order valence-electron chi connectivity index (χ2n) is 5.84. The molecule has 0 amide bonds. The van der Waals surface area contributed by atoms with Crippen molar-refractivity contribution in [2.75, 3.05) is 0 Å². The van der Waals surface area contributed by atoms with Crippen LogP contribution in [-0.4, -0.2) is 15.6 Å². The SMILES string of the molecule is CCCCCC(=C/c1ccccc1)/C=C/C(=O)c1ccn(CC)n1. The number of rotatable bonds is 9. The van der Waals surface area contributed by atoms with Gasteiger partial charge in [-0.25, -0.2) is 0 Å². The summed E-state index contributed by atoms with van der Waals surface area (Å²) in [5, 5.41) is 4.26. The summed E-state index contributed by atoms with van der Waals surface area (Å²) < 4.78 is 1.77. The van der Waals surface area contributed by atoms with Crippen LogP contribution in [0.1, 0.15) is 55.6 Å². The van der Waals surface area contributed by atoms with Crippen molar-refractivity contribution < 1.29 is 4.79 Å². The molecular formula is C21H26N2O. The van der Waals surface area contributed by atoms with E-state index in [9.17, 15) is 4.79 Å². The highest BCUT2D eigenvalue weighted by Gasteiger charge is 2.05. The minimum absolute atomic E-state index is 0.0448. The van der Waals surface area contributed by atoms with Gasteiger partial charge in [-0.1, -0.05) is 62.2 Å². The molecule has 0 atom stereocenters. The Hall–Kier alpha value is -2.42. The normalized spacial score (nSPS) is 12.0. The van der Waals surface area contributed by atoms with E-state index in [1.165, 1.54) is 18.4 Å². The Morgan fingerprint density at radius 2 is 1.88 bits per heavy atom. The average molecular weight is 322 g/mol. The van der Waals surface area contributed by atoms with Crippen molar-refractivity contribution in [2.24, 2.45) is 0 Å². The number of nitrogens with zero attached hydrogens (tertiary/aromatic N) is 2. The Labute approximate surface area is 144 Å². The Bertz CT molecular complexity index is 696. The number of aryl methyl sites for hydroxylation is 1. The molecule has 0 bridgehead atoms. The van der Waals surface area contributed by atoms with Gasteiger partial charge in [0.15, 0.2) is 0 Å².